The Morgan fingerprint density at radius 1 is 1.38 bits per heavy atom. The van der Waals surface area contributed by atoms with Gasteiger partial charge in [0.2, 0.25) is 5.91 Å². The van der Waals surface area contributed by atoms with Crippen LogP contribution in [0.2, 0.25) is 0 Å². The molecule has 0 saturated carbocycles. The molecule has 0 fully saturated rings. The molecule has 0 unspecified atom stereocenters. The molecular formula is C11H15NO. The van der Waals surface area contributed by atoms with Gasteiger partial charge in [-0.25, -0.2) is 0 Å². The second-order valence-corrected chi connectivity index (χ2v) is 3.32. The molecule has 0 aliphatic carbocycles. The van der Waals surface area contributed by atoms with E-state index in [1.165, 1.54) is 5.56 Å². The van der Waals surface area contributed by atoms with E-state index in [4.69, 9.17) is 5.73 Å². The van der Waals surface area contributed by atoms with Crippen LogP contribution in [0, 0.1) is 0 Å². The summed E-state index contributed by atoms with van der Waals surface area (Å²) in [6.45, 7) is 2.11. The molecule has 70 valence electrons. The standard InChI is InChI=1S/C11H15NO/c1-9(7-8-11(12)13)10-5-3-2-4-6-10/h2-6,9H,7-8H2,1H3,(H2,12,13)/t9-/m1/s1. The van der Waals surface area contributed by atoms with Crippen molar-refractivity contribution in [2.75, 3.05) is 0 Å². The van der Waals surface area contributed by atoms with E-state index < -0.39 is 0 Å². The lowest BCUT2D eigenvalue weighted by Crippen LogP contribution is -2.11. The molecule has 0 saturated heterocycles. The highest BCUT2D eigenvalue weighted by Crippen LogP contribution is 2.19. The molecule has 13 heavy (non-hydrogen) atoms. The second-order valence-electron chi connectivity index (χ2n) is 3.32. The van der Waals surface area contributed by atoms with Gasteiger partial charge in [-0.05, 0) is 17.9 Å². The van der Waals surface area contributed by atoms with Crippen molar-refractivity contribution in [2.24, 2.45) is 5.73 Å². The lowest BCUT2D eigenvalue weighted by Gasteiger charge is -2.09. The van der Waals surface area contributed by atoms with Crippen molar-refractivity contribution >= 4 is 5.91 Å². The summed E-state index contributed by atoms with van der Waals surface area (Å²) in [6, 6.07) is 10.2. The fourth-order valence-corrected chi connectivity index (χ4v) is 1.31. The van der Waals surface area contributed by atoms with Gasteiger partial charge in [-0.1, -0.05) is 37.3 Å². The van der Waals surface area contributed by atoms with Crippen LogP contribution in [0.4, 0.5) is 0 Å². The molecule has 1 aromatic carbocycles. The first-order valence-electron chi connectivity index (χ1n) is 4.53. The minimum Gasteiger partial charge on any atom is -0.370 e. The molecule has 1 amide bonds. The third-order valence-electron chi connectivity index (χ3n) is 2.19. The SMILES string of the molecule is C[C@H](CCC(N)=O)c1ccccc1. The third kappa shape index (κ3) is 3.28. The Labute approximate surface area is 78.8 Å². The first-order chi connectivity index (χ1) is 6.20. The van der Waals surface area contributed by atoms with E-state index in [9.17, 15) is 4.79 Å². The van der Waals surface area contributed by atoms with Crippen molar-refractivity contribution in [3.63, 3.8) is 0 Å². The summed E-state index contributed by atoms with van der Waals surface area (Å²) in [5.74, 6) is 0.191. The van der Waals surface area contributed by atoms with Crippen molar-refractivity contribution in [1.82, 2.24) is 0 Å². The van der Waals surface area contributed by atoms with Crippen molar-refractivity contribution in [3.05, 3.63) is 35.9 Å². The normalized spacial score (nSPS) is 12.4. The van der Waals surface area contributed by atoms with Crippen molar-refractivity contribution in [1.29, 1.82) is 0 Å². The van der Waals surface area contributed by atoms with Crippen LogP contribution >= 0.6 is 0 Å². The van der Waals surface area contributed by atoms with Gasteiger partial charge in [0.25, 0.3) is 0 Å². The summed E-state index contributed by atoms with van der Waals surface area (Å²) in [7, 11) is 0. The van der Waals surface area contributed by atoms with Gasteiger partial charge in [0.15, 0.2) is 0 Å². The van der Waals surface area contributed by atoms with E-state index >= 15 is 0 Å². The summed E-state index contributed by atoms with van der Waals surface area (Å²) in [4.78, 5) is 10.6. The first kappa shape index (κ1) is 9.78. The smallest absolute Gasteiger partial charge is 0.217 e. The molecule has 0 spiro atoms. The van der Waals surface area contributed by atoms with Crippen LogP contribution in [0.25, 0.3) is 0 Å². The molecule has 1 aromatic rings. The summed E-state index contributed by atoms with van der Waals surface area (Å²) < 4.78 is 0. The first-order valence-corrected chi connectivity index (χ1v) is 4.53. The van der Waals surface area contributed by atoms with Crippen LogP contribution in [-0.2, 0) is 4.79 Å². The number of primary amides is 1. The van der Waals surface area contributed by atoms with Crippen molar-refractivity contribution < 1.29 is 4.79 Å². The fraction of sp³-hybridized carbons (Fsp3) is 0.364. The number of carbonyl (C=O) groups is 1. The molecule has 0 aliphatic heterocycles. The van der Waals surface area contributed by atoms with Crippen LogP contribution in [0.15, 0.2) is 30.3 Å². The van der Waals surface area contributed by atoms with Crippen LogP contribution in [-0.4, -0.2) is 5.91 Å². The topological polar surface area (TPSA) is 43.1 Å². The average molecular weight is 177 g/mol. The maximum Gasteiger partial charge on any atom is 0.217 e. The fourth-order valence-electron chi connectivity index (χ4n) is 1.31. The van der Waals surface area contributed by atoms with Crippen LogP contribution < -0.4 is 5.73 Å². The van der Waals surface area contributed by atoms with Gasteiger partial charge < -0.3 is 5.73 Å². The largest absolute Gasteiger partial charge is 0.370 e. The quantitative estimate of drug-likeness (QED) is 0.751. The summed E-state index contributed by atoms with van der Waals surface area (Å²) in [6.07, 6.45) is 1.30. The lowest BCUT2D eigenvalue weighted by molar-refractivity contribution is -0.118. The van der Waals surface area contributed by atoms with E-state index in [0.717, 1.165) is 6.42 Å². The third-order valence-corrected chi connectivity index (χ3v) is 2.19. The van der Waals surface area contributed by atoms with Crippen molar-refractivity contribution in [3.8, 4) is 0 Å². The van der Waals surface area contributed by atoms with E-state index in [1.807, 2.05) is 18.2 Å². The number of benzene rings is 1. The number of nitrogens with two attached hydrogens (primary N) is 1. The Bertz CT molecular complexity index is 269. The van der Waals surface area contributed by atoms with E-state index in [0.29, 0.717) is 12.3 Å². The average Bonchev–Trinajstić information content (AvgIpc) is 2.15. The van der Waals surface area contributed by atoms with Crippen LogP contribution in [0.1, 0.15) is 31.2 Å². The highest BCUT2D eigenvalue weighted by molar-refractivity contribution is 5.73. The molecule has 0 radical (unpaired) electrons. The minimum absolute atomic E-state index is 0.220. The highest BCUT2D eigenvalue weighted by atomic mass is 16.1. The van der Waals surface area contributed by atoms with Crippen LogP contribution in [0.5, 0.6) is 0 Å². The van der Waals surface area contributed by atoms with Gasteiger partial charge in [-0.2, -0.15) is 0 Å². The Morgan fingerprint density at radius 2 is 2.00 bits per heavy atom. The maximum absolute atomic E-state index is 10.6. The maximum atomic E-state index is 10.6. The molecule has 0 heterocycles. The molecule has 0 aromatic heterocycles. The number of hydrogen-bond donors (Lipinski definition) is 1. The zero-order valence-electron chi connectivity index (χ0n) is 7.86. The highest BCUT2D eigenvalue weighted by Gasteiger charge is 2.05. The van der Waals surface area contributed by atoms with E-state index in [-0.39, 0.29) is 5.91 Å². The van der Waals surface area contributed by atoms with Gasteiger partial charge in [-0.15, -0.1) is 0 Å². The van der Waals surface area contributed by atoms with Gasteiger partial charge in [-0.3, -0.25) is 4.79 Å². The van der Waals surface area contributed by atoms with Gasteiger partial charge >= 0.3 is 0 Å². The molecule has 0 bridgehead atoms. The summed E-state index contributed by atoms with van der Waals surface area (Å²) in [5, 5.41) is 0. The van der Waals surface area contributed by atoms with Crippen LogP contribution in [0.3, 0.4) is 0 Å². The number of carbonyl (C=O) groups excluding carboxylic acids is 1. The number of hydrogen-bond acceptors (Lipinski definition) is 1. The minimum atomic E-state index is -0.220. The Kier molecular flexibility index (Phi) is 3.50. The van der Waals surface area contributed by atoms with Gasteiger partial charge in [0.1, 0.15) is 0 Å². The Balaban J connectivity index is 2.49. The Hall–Kier alpha value is -1.31. The zero-order chi connectivity index (χ0) is 9.68. The summed E-state index contributed by atoms with van der Waals surface area (Å²) >= 11 is 0. The molecule has 1 atom stereocenters. The predicted molar refractivity (Wildman–Crippen MR) is 53.3 cm³/mol. The molecular weight excluding hydrogens is 162 g/mol. The zero-order valence-corrected chi connectivity index (χ0v) is 7.86. The molecule has 2 heteroatoms. The number of amides is 1. The van der Waals surface area contributed by atoms with E-state index in [2.05, 4.69) is 19.1 Å². The number of rotatable bonds is 4. The lowest BCUT2D eigenvalue weighted by atomic mass is 9.96. The Morgan fingerprint density at radius 3 is 2.54 bits per heavy atom. The monoisotopic (exact) mass is 177 g/mol. The van der Waals surface area contributed by atoms with Gasteiger partial charge in [0.05, 0.1) is 0 Å². The molecule has 0 aliphatic rings. The molecule has 2 N–H and O–H groups in total. The van der Waals surface area contributed by atoms with Crippen molar-refractivity contribution in [2.45, 2.75) is 25.7 Å². The summed E-state index contributed by atoms with van der Waals surface area (Å²) in [5.41, 5.74) is 6.35. The molecule has 1 rings (SSSR count). The second kappa shape index (κ2) is 4.65. The van der Waals surface area contributed by atoms with Gasteiger partial charge in [0, 0.05) is 6.42 Å². The van der Waals surface area contributed by atoms with E-state index in [1.54, 1.807) is 0 Å². The molecule has 2 nitrogen and oxygen atoms in total. The predicted octanol–water partition coefficient (Wildman–Crippen LogP) is 2.06.